The van der Waals surface area contributed by atoms with Crippen molar-refractivity contribution in [2.24, 2.45) is 5.92 Å². The van der Waals surface area contributed by atoms with E-state index >= 15 is 0 Å². The normalized spacial score (nSPS) is 16.8. The molecule has 2 aromatic rings. The number of rotatable bonds is 4. The fourth-order valence-electron chi connectivity index (χ4n) is 2.83. The zero-order chi connectivity index (χ0) is 18.0. The highest BCUT2D eigenvalue weighted by Gasteiger charge is 2.35. The zero-order valence-corrected chi connectivity index (χ0v) is 13.6. The van der Waals surface area contributed by atoms with E-state index in [4.69, 9.17) is 0 Å². The summed E-state index contributed by atoms with van der Waals surface area (Å²) in [7, 11) is 0. The number of hydrogen-bond donors (Lipinski definition) is 1. The van der Waals surface area contributed by atoms with Crippen molar-refractivity contribution >= 4 is 28.9 Å². The van der Waals surface area contributed by atoms with Gasteiger partial charge in [0.1, 0.15) is 0 Å². The summed E-state index contributed by atoms with van der Waals surface area (Å²) in [5.41, 5.74) is 1.79. The molecule has 0 unspecified atom stereocenters. The maximum Gasteiger partial charge on any atom is 0.271 e. The largest absolute Gasteiger partial charge is 0.325 e. The van der Waals surface area contributed by atoms with Crippen LogP contribution >= 0.6 is 0 Å². The highest BCUT2D eigenvalue weighted by molar-refractivity contribution is 6.03. The van der Waals surface area contributed by atoms with Gasteiger partial charge >= 0.3 is 0 Å². The van der Waals surface area contributed by atoms with Gasteiger partial charge < -0.3 is 10.2 Å². The van der Waals surface area contributed by atoms with Gasteiger partial charge in [-0.05, 0) is 24.6 Å². The van der Waals surface area contributed by atoms with E-state index in [2.05, 4.69) is 5.32 Å². The van der Waals surface area contributed by atoms with Gasteiger partial charge in [0.05, 0.1) is 16.5 Å². The molecule has 1 aliphatic heterocycles. The molecule has 0 saturated carbocycles. The van der Waals surface area contributed by atoms with Crippen LogP contribution in [0.5, 0.6) is 0 Å². The first-order chi connectivity index (χ1) is 12.0. The lowest BCUT2D eigenvalue weighted by Gasteiger charge is -2.16. The zero-order valence-electron chi connectivity index (χ0n) is 13.6. The van der Waals surface area contributed by atoms with Crippen molar-refractivity contribution < 1.29 is 14.5 Å². The highest BCUT2D eigenvalue weighted by Crippen LogP contribution is 2.27. The SMILES string of the molecule is Cc1ccc([N+](=O)[O-])cc1NC(=O)[C@H]1CC(=O)N(c2ccccc2)C1. The van der Waals surface area contributed by atoms with E-state index in [1.165, 1.54) is 12.1 Å². The number of nitrogens with one attached hydrogen (secondary N) is 1. The molecule has 0 spiro atoms. The fraction of sp³-hybridized carbons (Fsp3) is 0.222. The number of nitro groups is 1. The lowest BCUT2D eigenvalue weighted by molar-refractivity contribution is -0.384. The van der Waals surface area contributed by atoms with E-state index in [0.717, 1.165) is 11.3 Å². The molecule has 25 heavy (non-hydrogen) atoms. The molecule has 0 aromatic heterocycles. The van der Waals surface area contributed by atoms with Crippen LogP contribution in [-0.4, -0.2) is 23.3 Å². The molecule has 1 N–H and O–H groups in total. The molecular formula is C18H17N3O4. The Labute approximate surface area is 144 Å². The Morgan fingerprint density at radius 1 is 1.24 bits per heavy atom. The van der Waals surface area contributed by atoms with Gasteiger partial charge in [0, 0.05) is 30.8 Å². The minimum absolute atomic E-state index is 0.0886. The van der Waals surface area contributed by atoms with Gasteiger partial charge in [0.2, 0.25) is 11.8 Å². The molecule has 128 valence electrons. The minimum Gasteiger partial charge on any atom is -0.325 e. The maximum absolute atomic E-state index is 12.5. The van der Waals surface area contributed by atoms with E-state index in [9.17, 15) is 19.7 Å². The van der Waals surface area contributed by atoms with Crippen molar-refractivity contribution in [3.8, 4) is 0 Å². The second kappa shape index (κ2) is 6.72. The van der Waals surface area contributed by atoms with Crippen LogP contribution in [0, 0.1) is 23.0 Å². The van der Waals surface area contributed by atoms with E-state index in [-0.39, 0.29) is 23.9 Å². The lowest BCUT2D eigenvalue weighted by Crippen LogP contribution is -2.28. The van der Waals surface area contributed by atoms with Crippen LogP contribution < -0.4 is 10.2 Å². The number of anilines is 2. The number of carbonyl (C=O) groups excluding carboxylic acids is 2. The molecule has 2 aromatic carbocycles. The van der Waals surface area contributed by atoms with Gasteiger partial charge in [-0.25, -0.2) is 0 Å². The molecule has 1 heterocycles. The number of nitro benzene ring substituents is 1. The number of non-ortho nitro benzene ring substituents is 1. The predicted molar refractivity (Wildman–Crippen MR) is 93.4 cm³/mol. The molecule has 1 fully saturated rings. The van der Waals surface area contributed by atoms with Gasteiger partial charge in [-0.15, -0.1) is 0 Å². The third-order valence-electron chi connectivity index (χ3n) is 4.25. The third-order valence-corrected chi connectivity index (χ3v) is 4.25. The summed E-state index contributed by atoms with van der Waals surface area (Å²) in [6, 6.07) is 13.5. The predicted octanol–water partition coefficient (Wildman–Crippen LogP) is 2.89. The molecule has 7 nitrogen and oxygen atoms in total. The topological polar surface area (TPSA) is 92.5 Å². The van der Waals surface area contributed by atoms with Crippen LogP contribution in [0.25, 0.3) is 0 Å². The molecular weight excluding hydrogens is 322 g/mol. The van der Waals surface area contributed by atoms with Gasteiger partial charge in [-0.2, -0.15) is 0 Å². The van der Waals surface area contributed by atoms with E-state index in [1.807, 2.05) is 30.3 Å². The molecule has 0 radical (unpaired) electrons. The number of carbonyl (C=O) groups is 2. The summed E-state index contributed by atoms with van der Waals surface area (Å²) in [5.74, 6) is -0.913. The van der Waals surface area contributed by atoms with Crippen molar-refractivity contribution in [2.45, 2.75) is 13.3 Å². The summed E-state index contributed by atoms with van der Waals surface area (Å²) in [6.07, 6.45) is 0.120. The summed E-state index contributed by atoms with van der Waals surface area (Å²) in [4.78, 5) is 36.7. The van der Waals surface area contributed by atoms with Gasteiger partial charge in [0.25, 0.3) is 5.69 Å². The molecule has 7 heteroatoms. The molecule has 3 rings (SSSR count). The number of nitrogens with zero attached hydrogens (tertiary/aromatic N) is 2. The second-order valence-corrected chi connectivity index (χ2v) is 5.99. The van der Waals surface area contributed by atoms with Gasteiger partial charge in [0.15, 0.2) is 0 Å². The minimum atomic E-state index is -0.509. The van der Waals surface area contributed by atoms with Gasteiger partial charge in [-0.1, -0.05) is 24.3 Å². The highest BCUT2D eigenvalue weighted by atomic mass is 16.6. The van der Waals surface area contributed by atoms with Crippen molar-refractivity contribution in [1.82, 2.24) is 0 Å². The van der Waals surface area contributed by atoms with Crippen LogP contribution in [0.4, 0.5) is 17.1 Å². The average molecular weight is 339 g/mol. The first-order valence-corrected chi connectivity index (χ1v) is 7.87. The number of aryl methyl sites for hydroxylation is 1. The summed E-state index contributed by atoms with van der Waals surface area (Å²) in [5, 5.41) is 13.6. The lowest BCUT2D eigenvalue weighted by atomic mass is 10.1. The molecule has 0 bridgehead atoms. The Hall–Kier alpha value is -3.22. The Balaban J connectivity index is 1.74. The van der Waals surface area contributed by atoms with Crippen LogP contribution in [0.2, 0.25) is 0 Å². The summed E-state index contributed by atoms with van der Waals surface area (Å²) in [6.45, 7) is 2.05. The standard InChI is InChI=1S/C18H17N3O4/c1-12-7-8-15(21(24)25)10-16(12)19-18(23)13-9-17(22)20(11-13)14-5-3-2-4-6-14/h2-8,10,13H,9,11H2,1H3,(H,19,23)/t13-/m0/s1. The molecule has 0 aliphatic carbocycles. The first kappa shape index (κ1) is 16.6. The first-order valence-electron chi connectivity index (χ1n) is 7.87. The van der Waals surface area contributed by atoms with Crippen LogP contribution in [0.1, 0.15) is 12.0 Å². The van der Waals surface area contributed by atoms with E-state index in [1.54, 1.807) is 17.9 Å². The molecule has 1 saturated heterocycles. The van der Waals surface area contributed by atoms with E-state index < -0.39 is 10.8 Å². The molecule has 1 atom stereocenters. The Morgan fingerprint density at radius 3 is 2.64 bits per heavy atom. The monoisotopic (exact) mass is 339 g/mol. The Morgan fingerprint density at radius 2 is 1.96 bits per heavy atom. The summed E-state index contributed by atoms with van der Waals surface area (Å²) < 4.78 is 0. The van der Waals surface area contributed by atoms with Crippen molar-refractivity contribution in [2.75, 3.05) is 16.8 Å². The van der Waals surface area contributed by atoms with E-state index in [0.29, 0.717) is 12.2 Å². The number of hydrogen-bond acceptors (Lipinski definition) is 4. The number of benzene rings is 2. The second-order valence-electron chi connectivity index (χ2n) is 5.99. The number of para-hydroxylation sites is 1. The number of amides is 2. The van der Waals surface area contributed by atoms with Gasteiger partial charge in [-0.3, -0.25) is 19.7 Å². The molecule has 1 aliphatic rings. The Kier molecular flexibility index (Phi) is 4.47. The average Bonchev–Trinajstić information content (AvgIpc) is 2.99. The molecule has 2 amide bonds. The van der Waals surface area contributed by atoms with Crippen LogP contribution in [-0.2, 0) is 9.59 Å². The van der Waals surface area contributed by atoms with Crippen LogP contribution in [0.15, 0.2) is 48.5 Å². The summed E-state index contributed by atoms with van der Waals surface area (Å²) >= 11 is 0. The van der Waals surface area contributed by atoms with Crippen molar-refractivity contribution in [3.05, 3.63) is 64.2 Å². The van der Waals surface area contributed by atoms with Crippen molar-refractivity contribution in [3.63, 3.8) is 0 Å². The third kappa shape index (κ3) is 3.50. The van der Waals surface area contributed by atoms with Crippen molar-refractivity contribution in [1.29, 1.82) is 0 Å². The Bertz CT molecular complexity index is 835. The smallest absolute Gasteiger partial charge is 0.271 e. The van der Waals surface area contributed by atoms with Crippen LogP contribution in [0.3, 0.4) is 0 Å². The maximum atomic E-state index is 12.5. The fourth-order valence-corrected chi connectivity index (χ4v) is 2.83. The quantitative estimate of drug-likeness (QED) is 0.685.